The van der Waals surface area contributed by atoms with Crippen molar-refractivity contribution in [2.45, 2.75) is 25.2 Å². The van der Waals surface area contributed by atoms with E-state index in [0.717, 1.165) is 0 Å². The van der Waals surface area contributed by atoms with Crippen molar-refractivity contribution in [1.29, 1.82) is 0 Å². The second kappa shape index (κ2) is 7.57. The number of benzene rings is 1. The summed E-state index contributed by atoms with van der Waals surface area (Å²) in [5, 5.41) is 2.64. The molecule has 0 unspecified atom stereocenters. The minimum atomic E-state index is -2.73. The maximum atomic E-state index is 13.8. The normalized spacial score (nSPS) is 16.4. The number of hydrogen-bond donors (Lipinski definition) is 2. The van der Waals surface area contributed by atoms with E-state index in [1.54, 1.807) is 35.2 Å². The van der Waals surface area contributed by atoms with Gasteiger partial charge in [0.2, 0.25) is 11.5 Å². The van der Waals surface area contributed by atoms with Crippen LogP contribution in [0.25, 0.3) is 11.0 Å². The number of nitrogens with zero attached hydrogens (tertiary/aromatic N) is 3. The van der Waals surface area contributed by atoms with Crippen LogP contribution in [0.15, 0.2) is 47.4 Å². The third-order valence-electron chi connectivity index (χ3n) is 4.82. The zero-order chi connectivity index (χ0) is 20.4. The van der Waals surface area contributed by atoms with Gasteiger partial charge in [0.1, 0.15) is 0 Å². The minimum absolute atomic E-state index is 0.0363. The third kappa shape index (κ3) is 4.23. The summed E-state index contributed by atoms with van der Waals surface area (Å²) >= 11 is 0. The van der Waals surface area contributed by atoms with E-state index in [-0.39, 0.29) is 42.9 Å². The van der Waals surface area contributed by atoms with Gasteiger partial charge in [-0.2, -0.15) is 0 Å². The summed E-state index contributed by atoms with van der Waals surface area (Å²) in [4.78, 5) is 37.6. The second-order valence-corrected chi connectivity index (χ2v) is 6.98. The van der Waals surface area contributed by atoms with E-state index in [2.05, 4.69) is 20.3 Å². The van der Waals surface area contributed by atoms with Gasteiger partial charge in [-0.05, 0) is 24.6 Å². The molecule has 2 N–H and O–H groups in total. The number of aromatic amines is 1. The summed E-state index contributed by atoms with van der Waals surface area (Å²) in [6.45, 7) is 0.430. The highest BCUT2D eigenvalue weighted by molar-refractivity contribution is 6.07. The Labute approximate surface area is 164 Å². The van der Waals surface area contributed by atoms with Gasteiger partial charge in [0.25, 0.3) is 5.91 Å². The molecule has 1 fully saturated rings. The van der Waals surface area contributed by atoms with Gasteiger partial charge in [0.05, 0.1) is 11.0 Å². The Morgan fingerprint density at radius 1 is 1.10 bits per heavy atom. The van der Waals surface area contributed by atoms with Crippen LogP contribution in [0.5, 0.6) is 0 Å². The highest BCUT2D eigenvalue weighted by Gasteiger charge is 2.33. The van der Waals surface area contributed by atoms with E-state index < -0.39 is 11.8 Å². The number of aromatic nitrogens is 3. The Bertz CT molecular complexity index is 1120. The number of pyridine rings is 1. The molecule has 4 rings (SSSR count). The lowest BCUT2D eigenvalue weighted by Crippen LogP contribution is -2.30. The quantitative estimate of drug-likeness (QED) is 0.706. The zero-order valence-electron chi connectivity index (χ0n) is 15.5. The molecule has 29 heavy (non-hydrogen) atoms. The molecule has 0 aliphatic carbocycles. The number of amides is 1. The number of halogens is 2. The summed E-state index contributed by atoms with van der Waals surface area (Å²) in [5.41, 5.74) is 1.08. The molecule has 1 aliphatic rings. The van der Waals surface area contributed by atoms with Crippen LogP contribution >= 0.6 is 0 Å². The van der Waals surface area contributed by atoms with Crippen LogP contribution in [0.2, 0.25) is 0 Å². The molecule has 0 spiro atoms. The number of anilines is 2. The molecule has 0 bridgehead atoms. The Hall–Kier alpha value is -3.36. The predicted molar refractivity (Wildman–Crippen MR) is 106 cm³/mol. The first kappa shape index (κ1) is 19.0. The molecule has 9 heteroatoms. The van der Waals surface area contributed by atoms with Crippen molar-refractivity contribution >= 4 is 28.4 Å². The molecule has 1 saturated heterocycles. The molecule has 0 radical (unpaired) electrons. The van der Waals surface area contributed by atoms with Crippen LogP contribution in [0.1, 0.15) is 29.8 Å². The van der Waals surface area contributed by atoms with Gasteiger partial charge in [0.15, 0.2) is 11.5 Å². The molecular weight excluding hydrogens is 380 g/mol. The van der Waals surface area contributed by atoms with Crippen molar-refractivity contribution in [3.63, 3.8) is 0 Å². The largest absolute Gasteiger partial charge is 0.354 e. The van der Waals surface area contributed by atoms with Gasteiger partial charge >= 0.3 is 0 Å². The Morgan fingerprint density at radius 3 is 2.62 bits per heavy atom. The van der Waals surface area contributed by atoms with E-state index in [1.165, 1.54) is 12.3 Å². The summed E-state index contributed by atoms with van der Waals surface area (Å²) < 4.78 is 27.6. The van der Waals surface area contributed by atoms with E-state index in [9.17, 15) is 18.4 Å². The SMILES string of the molecule is O=C(Nc1cc[nH]c(=O)c1)c1nc2ccccc2nc1N1CCCC(F)(F)CC1. The van der Waals surface area contributed by atoms with Gasteiger partial charge < -0.3 is 15.2 Å². The number of H-pyrrole nitrogens is 1. The fraction of sp³-hybridized carbons (Fsp3) is 0.300. The van der Waals surface area contributed by atoms with Crippen molar-refractivity contribution in [2.75, 3.05) is 23.3 Å². The van der Waals surface area contributed by atoms with Gasteiger partial charge in [-0.3, -0.25) is 9.59 Å². The fourth-order valence-electron chi connectivity index (χ4n) is 3.35. The molecule has 2 aromatic heterocycles. The first-order valence-corrected chi connectivity index (χ1v) is 9.31. The lowest BCUT2D eigenvalue weighted by molar-refractivity contribution is -0.0102. The standard InChI is InChI=1S/C20H19F2N5O2/c21-20(22)7-3-10-27(11-8-20)18-17(25-14-4-1-2-5-15(14)26-18)19(29)24-13-6-9-23-16(28)12-13/h1-2,4-6,9,12H,3,7-8,10-11H2,(H2,23,24,28,29). The van der Waals surface area contributed by atoms with E-state index in [4.69, 9.17) is 0 Å². The molecule has 3 heterocycles. The van der Waals surface area contributed by atoms with Gasteiger partial charge in [-0.25, -0.2) is 18.7 Å². The average molecular weight is 399 g/mol. The predicted octanol–water partition coefficient (Wildman–Crippen LogP) is 3.20. The zero-order valence-corrected chi connectivity index (χ0v) is 15.5. The third-order valence-corrected chi connectivity index (χ3v) is 4.82. The first-order valence-electron chi connectivity index (χ1n) is 9.31. The van der Waals surface area contributed by atoms with E-state index in [1.807, 2.05) is 0 Å². The highest BCUT2D eigenvalue weighted by Crippen LogP contribution is 2.31. The Morgan fingerprint density at radius 2 is 1.86 bits per heavy atom. The van der Waals surface area contributed by atoms with Gasteiger partial charge in [-0.15, -0.1) is 0 Å². The van der Waals surface area contributed by atoms with Crippen LogP contribution in [0.4, 0.5) is 20.3 Å². The second-order valence-electron chi connectivity index (χ2n) is 6.98. The monoisotopic (exact) mass is 399 g/mol. The van der Waals surface area contributed by atoms with Crippen molar-refractivity contribution in [2.24, 2.45) is 0 Å². The fourth-order valence-corrected chi connectivity index (χ4v) is 3.35. The average Bonchev–Trinajstić information content (AvgIpc) is 2.87. The lowest BCUT2D eigenvalue weighted by atomic mass is 10.1. The molecule has 1 aliphatic heterocycles. The van der Waals surface area contributed by atoms with E-state index >= 15 is 0 Å². The van der Waals surface area contributed by atoms with Gasteiger partial charge in [-0.1, -0.05) is 12.1 Å². The molecule has 0 atom stereocenters. The molecule has 1 amide bonds. The maximum Gasteiger partial charge on any atom is 0.278 e. The van der Waals surface area contributed by atoms with Crippen LogP contribution in [-0.2, 0) is 0 Å². The lowest BCUT2D eigenvalue weighted by Gasteiger charge is -2.23. The number of hydrogen-bond acceptors (Lipinski definition) is 5. The number of nitrogens with one attached hydrogen (secondary N) is 2. The number of fused-ring (bicyclic) bond motifs is 1. The molecular formula is C20H19F2N5O2. The summed E-state index contributed by atoms with van der Waals surface area (Å²) in [5.74, 6) is -3.02. The molecule has 0 saturated carbocycles. The van der Waals surface area contributed by atoms with Crippen LogP contribution in [0, 0.1) is 0 Å². The van der Waals surface area contributed by atoms with Gasteiger partial charge in [0, 0.05) is 43.9 Å². The molecule has 1 aromatic carbocycles. The smallest absolute Gasteiger partial charge is 0.278 e. The summed E-state index contributed by atoms with van der Waals surface area (Å²) in [7, 11) is 0. The van der Waals surface area contributed by atoms with Crippen LogP contribution in [0.3, 0.4) is 0 Å². The number of para-hydroxylation sites is 2. The van der Waals surface area contributed by atoms with Crippen molar-refractivity contribution in [1.82, 2.24) is 15.0 Å². The Kier molecular flexibility index (Phi) is 4.96. The molecule has 3 aromatic rings. The molecule has 150 valence electrons. The van der Waals surface area contributed by atoms with Crippen LogP contribution < -0.4 is 15.8 Å². The number of carbonyl (C=O) groups is 1. The molecule has 7 nitrogen and oxygen atoms in total. The van der Waals surface area contributed by atoms with Crippen molar-refractivity contribution in [3.8, 4) is 0 Å². The van der Waals surface area contributed by atoms with Crippen molar-refractivity contribution < 1.29 is 13.6 Å². The minimum Gasteiger partial charge on any atom is -0.354 e. The van der Waals surface area contributed by atoms with Crippen LogP contribution in [-0.4, -0.2) is 39.9 Å². The highest BCUT2D eigenvalue weighted by atomic mass is 19.3. The maximum absolute atomic E-state index is 13.8. The number of carbonyl (C=O) groups excluding carboxylic acids is 1. The number of alkyl halides is 2. The van der Waals surface area contributed by atoms with E-state index in [0.29, 0.717) is 23.3 Å². The number of rotatable bonds is 3. The summed E-state index contributed by atoms with van der Waals surface area (Å²) in [6.07, 6.45) is 1.20. The topological polar surface area (TPSA) is 91.0 Å². The van der Waals surface area contributed by atoms with Crippen molar-refractivity contribution in [3.05, 3.63) is 58.6 Å². The first-order chi connectivity index (χ1) is 13.9. The Balaban J connectivity index is 1.74. The summed E-state index contributed by atoms with van der Waals surface area (Å²) in [6, 6.07) is 9.86.